The molecule has 1 amide bonds. The predicted molar refractivity (Wildman–Crippen MR) is 111 cm³/mol. The van der Waals surface area contributed by atoms with Gasteiger partial charge in [0.05, 0.1) is 5.25 Å². The predicted octanol–water partition coefficient (Wildman–Crippen LogP) is 5.69. The summed E-state index contributed by atoms with van der Waals surface area (Å²) in [6.07, 6.45) is 4.17. The van der Waals surface area contributed by atoms with E-state index in [0.717, 1.165) is 48.7 Å². The van der Waals surface area contributed by atoms with Crippen LogP contribution in [-0.4, -0.2) is 29.1 Å². The highest BCUT2D eigenvalue weighted by atomic mass is 35.5. The number of piperidine rings is 1. The van der Waals surface area contributed by atoms with Gasteiger partial charge in [0.1, 0.15) is 0 Å². The lowest BCUT2D eigenvalue weighted by molar-refractivity contribution is -0.132. The van der Waals surface area contributed by atoms with Crippen molar-refractivity contribution < 1.29 is 4.79 Å². The highest BCUT2D eigenvalue weighted by Crippen LogP contribution is 2.30. The van der Waals surface area contributed by atoms with Gasteiger partial charge in [-0.05, 0) is 61.4 Å². The van der Waals surface area contributed by atoms with Gasteiger partial charge in [-0.3, -0.25) is 4.79 Å². The molecule has 1 fully saturated rings. The number of benzene rings is 2. The van der Waals surface area contributed by atoms with Crippen molar-refractivity contribution in [3.05, 3.63) is 65.2 Å². The number of halogens is 1. The van der Waals surface area contributed by atoms with Crippen molar-refractivity contribution in [3.63, 3.8) is 0 Å². The number of likely N-dealkylation sites (tertiary alicyclic amines) is 1. The Morgan fingerprint density at radius 2 is 1.77 bits per heavy atom. The molecule has 0 N–H and O–H groups in total. The number of hydrogen-bond donors (Lipinski definition) is 0. The first kappa shape index (κ1) is 19.3. The molecule has 0 radical (unpaired) electrons. The minimum absolute atomic E-state index is 0.0122. The summed E-state index contributed by atoms with van der Waals surface area (Å²) in [5.74, 6) is 0.969. The average Bonchev–Trinajstić information content (AvgIpc) is 2.68. The number of rotatable bonds is 6. The van der Waals surface area contributed by atoms with Crippen molar-refractivity contribution in [1.82, 2.24) is 4.90 Å². The topological polar surface area (TPSA) is 20.3 Å². The average molecular weight is 388 g/mol. The van der Waals surface area contributed by atoms with Crippen LogP contribution in [0.15, 0.2) is 59.5 Å². The van der Waals surface area contributed by atoms with Gasteiger partial charge >= 0.3 is 0 Å². The summed E-state index contributed by atoms with van der Waals surface area (Å²) in [4.78, 5) is 16.1. The molecule has 2 aromatic rings. The van der Waals surface area contributed by atoms with Crippen molar-refractivity contribution in [1.29, 1.82) is 0 Å². The summed E-state index contributed by atoms with van der Waals surface area (Å²) in [7, 11) is 0. The van der Waals surface area contributed by atoms with Crippen LogP contribution >= 0.6 is 23.4 Å². The number of amides is 1. The Labute approximate surface area is 165 Å². The smallest absolute Gasteiger partial charge is 0.236 e. The van der Waals surface area contributed by atoms with Crippen LogP contribution < -0.4 is 0 Å². The Morgan fingerprint density at radius 3 is 2.38 bits per heavy atom. The second kappa shape index (κ2) is 9.48. The summed E-state index contributed by atoms with van der Waals surface area (Å²) in [6, 6.07) is 18.4. The van der Waals surface area contributed by atoms with Gasteiger partial charge in [0.25, 0.3) is 0 Å². The Balaban J connectivity index is 1.52. The molecule has 1 aliphatic rings. The number of carbonyl (C=O) groups excluding carboxylic acids is 1. The zero-order valence-electron chi connectivity index (χ0n) is 15.2. The van der Waals surface area contributed by atoms with Gasteiger partial charge in [-0.15, -0.1) is 11.8 Å². The first-order valence-electron chi connectivity index (χ1n) is 9.40. The molecule has 0 saturated carbocycles. The Morgan fingerprint density at radius 1 is 1.12 bits per heavy atom. The zero-order valence-corrected chi connectivity index (χ0v) is 16.8. The van der Waals surface area contributed by atoms with E-state index in [-0.39, 0.29) is 11.2 Å². The molecule has 4 heteroatoms. The minimum Gasteiger partial charge on any atom is -0.342 e. The van der Waals surface area contributed by atoms with Crippen LogP contribution in [0.2, 0.25) is 5.02 Å². The molecule has 26 heavy (non-hydrogen) atoms. The normalized spacial score (nSPS) is 16.5. The molecular formula is C22H26ClNOS. The third-order valence-corrected chi connectivity index (χ3v) is 6.65. The Bertz CT molecular complexity index is 696. The Kier molecular flexibility index (Phi) is 7.04. The van der Waals surface area contributed by atoms with Gasteiger partial charge in [-0.1, -0.05) is 48.9 Å². The SMILES string of the molecule is CCC(Sc1ccc(Cl)cc1)C(=O)N1CCC(Cc2ccccc2)CC1. The standard InChI is InChI=1S/C22H26ClNOS/c1-2-21(26-20-10-8-19(23)9-11-20)22(25)24-14-12-18(13-15-24)16-17-6-4-3-5-7-17/h3-11,18,21H,2,12-16H2,1H3. The van der Waals surface area contributed by atoms with Crippen molar-refractivity contribution in [2.24, 2.45) is 5.92 Å². The van der Waals surface area contributed by atoms with Gasteiger partial charge in [-0.2, -0.15) is 0 Å². The molecule has 0 aromatic heterocycles. The summed E-state index contributed by atoms with van der Waals surface area (Å²) in [5, 5.41) is 0.719. The highest BCUT2D eigenvalue weighted by Gasteiger charge is 2.28. The molecule has 2 nitrogen and oxygen atoms in total. The van der Waals surface area contributed by atoms with Crippen molar-refractivity contribution >= 4 is 29.3 Å². The molecular weight excluding hydrogens is 362 g/mol. The molecule has 2 aromatic carbocycles. The van der Waals surface area contributed by atoms with Gasteiger partial charge in [-0.25, -0.2) is 0 Å². The van der Waals surface area contributed by atoms with E-state index >= 15 is 0 Å². The largest absolute Gasteiger partial charge is 0.342 e. The maximum absolute atomic E-state index is 12.9. The van der Waals surface area contributed by atoms with Crippen LogP contribution in [0.1, 0.15) is 31.7 Å². The fraction of sp³-hybridized carbons (Fsp3) is 0.409. The zero-order chi connectivity index (χ0) is 18.4. The van der Waals surface area contributed by atoms with E-state index in [4.69, 9.17) is 11.6 Å². The van der Waals surface area contributed by atoms with E-state index in [2.05, 4.69) is 42.2 Å². The van der Waals surface area contributed by atoms with E-state index in [1.807, 2.05) is 24.3 Å². The van der Waals surface area contributed by atoms with Gasteiger partial charge in [0.15, 0.2) is 0 Å². The molecule has 0 spiro atoms. The number of carbonyl (C=O) groups is 1. The summed E-state index contributed by atoms with van der Waals surface area (Å²) in [5.41, 5.74) is 1.40. The highest BCUT2D eigenvalue weighted by molar-refractivity contribution is 8.00. The van der Waals surface area contributed by atoms with Crippen LogP contribution in [0.3, 0.4) is 0 Å². The van der Waals surface area contributed by atoms with Crippen LogP contribution in [0.25, 0.3) is 0 Å². The van der Waals surface area contributed by atoms with Crippen LogP contribution in [0, 0.1) is 5.92 Å². The lowest BCUT2D eigenvalue weighted by Gasteiger charge is -2.34. The number of nitrogens with zero attached hydrogens (tertiary/aromatic N) is 1. The van der Waals surface area contributed by atoms with E-state index in [0.29, 0.717) is 5.92 Å². The molecule has 3 rings (SSSR count). The van der Waals surface area contributed by atoms with E-state index in [1.165, 1.54) is 5.56 Å². The third-order valence-electron chi connectivity index (χ3n) is 5.03. The van der Waals surface area contributed by atoms with Crippen molar-refractivity contribution in [2.45, 2.75) is 42.8 Å². The molecule has 138 valence electrons. The molecule has 1 atom stereocenters. The minimum atomic E-state index is -0.0122. The Hall–Kier alpha value is -1.45. The summed E-state index contributed by atoms with van der Waals surface area (Å²) in [6.45, 7) is 3.86. The number of hydrogen-bond acceptors (Lipinski definition) is 2. The van der Waals surface area contributed by atoms with E-state index in [9.17, 15) is 4.79 Å². The molecule has 0 aliphatic carbocycles. The van der Waals surface area contributed by atoms with Crippen molar-refractivity contribution in [3.8, 4) is 0 Å². The van der Waals surface area contributed by atoms with E-state index in [1.54, 1.807) is 11.8 Å². The van der Waals surface area contributed by atoms with E-state index < -0.39 is 0 Å². The van der Waals surface area contributed by atoms with Crippen molar-refractivity contribution in [2.75, 3.05) is 13.1 Å². The fourth-order valence-corrected chi connectivity index (χ4v) is 4.66. The maximum atomic E-state index is 12.9. The molecule has 0 bridgehead atoms. The van der Waals surface area contributed by atoms with Gasteiger partial charge in [0, 0.05) is 23.0 Å². The monoisotopic (exact) mass is 387 g/mol. The first-order valence-corrected chi connectivity index (χ1v) is 10.7. The first-order chi connectivity index (χ1) is 12.7. The van der Waals surface area contributed by atoms with Gasteiger partial charge < -0.3 is 4.90 Å². The molecule has 1 heterocycles. The maximum Gasteiger partial charge on any atom is 0.236 e. The van der Waals surface area contributed by atoms with Crippen LogP contribution in [0.5, 0.6) is 0 Å². The molecule has 1 unspecified atom stereocenters. The summed E-state index contributed by atoms with van der Waals surface area (Å²) < 4.78 is 0. The van der Waals surface area contributed by atoms with Gasteiger partial charge in [0.2, 0.25) is 5.91 Å². The second-order valence-corrected chi connectivity index (χ2v) is 8.64. The third kappa shape index (κ3) is 5.28. The fourth-order valence-electron chi connectivity index (χ4n) is 3.49. The quantitative estimate of drug-likeness (QED) is 0.593. The number of thioether (sulfide) groups is 1. The lowest BCUT2D eigenvalue weighted by atomic mass is 9.90. The second-order valence-electron chi connectivity index (χ2n) is 6.93. The van der Waals surface area contributed by atoms with Crippen LogP contribution in [-0.2, 0) is 11.2 Å². The van der Waals surface area contributed by atoms with Crippen LogP contribution in [0.4, 0.5) is 0 Å². The molecule has 1 saturated heterocycles. The summed E-state index contributed by atoms with van der Waals surface area (Å²) >= 11 is 7.61. The molecule has 1 aliphatic heterocycles. The lowest BCUT2D eigenvalue weighted by Crippen LogP contribution is -2.43.